The number of hydrogen-bond donors (Lipinski definition) is 0. The van der Waals surface area contributed by atoms with Gasteiger partial charge in [-0.05, 0) is 37.7 Å². The molecule has 0 saturated carbocycles. The molecule has 1 saturated heterocycles. The Balaban J connectivity index is 1.50. The second kappa shape index (κ2) is 8.81. The quantitative estimate of drug-likeness (QED) is 0.423. The van der Waals surface area contributed by atoms with Gasteiger partial charge in [-0.1, -0.05) is 0 Å². The Labute approximate surface area is 181 Å². The normalized spacial score (nSPS) is 17.1. The van der Waals surface area contributed by atoms with Crippen LogP contribution in [0, 0.1) is 17.0 Å². The fourth-order valence-electron chi connectivity index (χ4n) is 3.97. The van der Waals surface area contributed by atoms with Crippen LogP contribution in [-0.4, -0.2) is 70.4 Å². The molecule has 1 amide bonds. The maximum atomic E-state index is 12.8. The zero-order valence-corrected chi connectivity index (χ0v) is 17.8. The van der Waals surface area contributed by atoms with E-state index in [2.05, 4.69) is 21.8 Å². The molecule has 9 heteroatoms. The number of likely N-dealkylation sites (N-methyl/N-ethyl adjacent to an activating group) is 1. The van der Waals surface area contributed by atoms with Gasteiger partial charge in [0.25, 0.3) is 5.69 Å². The number of non-ortho nitro benzene ring substituents is 1. The molecule has 31 heavy (non-hydrogen) atoms. The van der Waals surface area contributed by atoms with Crippen LogP contribution in [0.2, 0.25) is 0 Å². The van der Waals surface area contributed by atoms with Gasteiger partial charge in [-0.3, -0.25) is 14.9 Å². The average molecular weight is 422 g/mol. The van der Waals surface area contributed by atoms with Crippen LogP contribution >= 0.6 is 0 Å². The Bertz CT molecular complexity index is 1010. The van der Waals surface area contributed by atoms with Crippen LogP contribution in [0.4, 0.5) is 11.5 Å². The van der Waals surface area contributed by atoms with Crippen molar-refractivity contribution in [2.45, 2.75) is 19.9 Å². The fourth-order valence-corrected chi connectivity index (χ4v) is 3.97. The number of aryl methyl sites for hydroxylation is 1. The molecule has 162 valence electrons. The first-order chi connectivity index (χ1) is 14.9. The van der Waals surface area contributed by atoms with Crippen LogP contribution < -0.4 is 4.90 Å². The Hall–Kier alpha value is -3.33. The number of rotatable bonds is 4. The Kier molecular flexibility index (Phi) is 5.94. The maximum Gasteiger partial charge on any atom is 0.269 e. The Morgan fingerprint density at radius 3 is 2.48 bits per heavy atom. The summed E-state index contributed by atoms with van der Waals surface area (Å²) in [6, 6.07) is 6.14. The SMILES string of the molecule is Cc1nc2c(c(N3CCN(C)CC3)n1)CN(C(=O)C=Cc1ccc([N+](=O)[O-])cc1)CC2. The van der Waals surface area contributed by atoms with Crippen LogP contribution in [0.5, 0.6) is 0 Å². The van der Waals surface area contributed by atoms with E-state index in [9.17, 15) is 14.9 Å². The first-order valence-electron chi connectivity index (χ1n) is 10.4. The molecule has 2 aliphatic rings. The predicted molar refractivity (Wildman–Crippen MR) is 118 cm³/mol. The van der Waals surface area contributed by atoms with Gasteiger partial charge < -0.3 is 14.7 Å². The number of nitro benzene ring substituents is 1. The van der Waals surface area contributed by atoms with Gasteiger partial charge in [0.1, 0.15) is 11.6 Å². The van der Waals surface area contributed by atoms with Crippen molar-refractivity contribution in [1.29, 1.82) is 0 Å². The number of amides is 1. The monoisotopic (exact) mass is 422 g/mol. The van der Waals surface area contributed by atoms with Gasteiger partial charge in [0.2, 0.25) is 5.91 Å². The van der Waals surface area contributed by atoms with Crippen molar-refractivity contribution in [3.8, 4) is 0 Å². The van der Waals surface area contributed by atoms with Crippen molar-refractivity contribution in [3.05, 3.63) is 63.1 Å². The lowest BCUT2D eigenvalue weighted by molar-refractivity contribution is -0.384. The molecule has 4 rings (SSSR count). The van der Waals surface area contributed by atoms with Crippen LogP contribution in [0.1, 0.15) is 22.6 Å². The Morgan fingerprint density at radius 1 is 1.10 bits per heavy atom. The highest BCUT2D eigenvalue weighted by molar-refractivity contribution is 5.92. The van der Waals surface area contributed by atoms with Gasteiger partial charge in [0.15, 0.2) is 0 Å². The molecule has 0 bridgehead atoms. The van der Waals surface area contributed by atoms with Crippen molar-refractivity contribution in [1.82, 2.24) is 19.8 Å². The summed E-state index contributed by atoms with van der Waals surface area (Å²) in [6.45, 7) is 6.80. The Morgan fingerprint density at radius 2 is 1.81 bits per heavy atom. The lowest BCUT2D eigenvalue weighted by Gasteiger charge is -2.36. The second-order valence-electron chi connectivity index (χ2n) is 8.00. The molecule has 0 unspecified atom stereocenters. The smallest absolute Gasteiger partial charge is 0.269 e. The molecule has 2 aliphatic heterocycles. The topological polar surface area (TPSA) is 95.7 Å². The second-order valence-corrected chi connectivity index (χ2v) is 8.00. The van der Waals surface area contributed by atoms with E-state index in [0.717, 1.165) is 54.6 Å². The number of nitro groups is 1. The zero-order chi connectivity index (χ0) is 22.0. The van der Waals surface area contributed by atoms with Crippen LogP contribution in [0.15, 0.2) is 30.3 Å². The summed E-state index contributed by atoms with van der Waals surface area (Å²) in [5, 5.41) is 10.8. The highest BCUT2D eigenvalue weighted by atomic mass is 16.6. The van der Waals surface area contributed by atoms with E-state index < -0.39 is 4.92 Å². The van der Waals surface area contributed by atoms with E-state index in [4.69, 9.17) is 4.98 Å². The molecule has 1 aromatic heterocycles. The van der Waals surface area contributed by atoms with Gasteiger partial charge in [-0.15, -0.1) is 0 Å². The molecular formula is C22H26N6O3. The minimum Gasteiger partial charge on any atom is -0.354 e. The van der Waals surface area contributed by atoms with Crippen molar-refractivity contribution in [3.63, 3.8) is 0 Å². The van der Waals surface area contributed by atoms with Crippen molar-refractivity contribution >= 4 is 23.5 Å². The average Bonchev–Trinajstić information content (AvgIpc) is 2.77. The number of carbonyl (C=O) groups excluding carboxylic acids is 1. The summed E-state index contributed by atoms with van der Waals surface area (Å²) in [5.74, 6) is 1.63. The van der Waals surface area contributed by atoms with Gasteiger partial charge in [0, 0.05) is 62.9 Å². The lowest BCUT2D eigenvalue weighted by atomic mass is 10.0. The molecule has 0 atom stereocenters. The standard InChI is InChI=1S/C22H26N6O3/c1-16-23-20-9-10-27(15-19(20)22(24-16)26-13-11-25(2)12-14-26)21(29)8-5-17-3-6-18(7-4-17)28(30)31/h3-8H,9-15H2,1-2H3. The molecule has 1 fully saturated rings. The van der Waals surface area contributed by atoms with Crippen molar-refractivity contribution in [2.75, 3.05) is 44.7 Å². The molecule has 0 aliphatic carbocycles. The lowest BCUT2D eigenvalue weighted by Crippen LogP contribution is -2.46. The predicted octanol–water partition coefficient (Wildman–Crippen LogP) is 2.04. The van der Waals surface area contributed by atoms with Gasteiger partial charge in [-0.25, -0.2) is 9.97 Å². The number of carbonyl (C=O) groups is 1. The third-order valence-electron chi connectivity index (χ3n) is 5.79. The molecule has 0 radical (unpaired) electrons. The number of piperazine rings is 1. The van der Waals surface area contributed by atoms with Gasteiger partial charge in [-0.2, -0.15) is 0 Å². The number of hydrogen-bond acceptors (Lipinski definition) is 7. The molecular weight excluding hydrogens is 396 g/mol. The summed E-state index contributed by atoms with van der Waals surface area (Å²) in [5.41, 5.74) is 2.85. The first kappa shape index (κ1) is 20.9. The van der Waals surface area contributed by atoms with E-state index in [0.29, 0.717) is 19.5 Å². The van der Waals surface area contributed by atoms with Crippen molar-refractivity contribution in [2.24, 2.45) is 0 Å². The van der Waals surface area contributed by atoms with E-state index in [1.165, 1.54) is 18.2 Å². The molecule has 1 aromatic carbocycles. The number of anilines is 1. The van der Waals surface area contributed by atoms with Gasteiger partial charge in [0.05, 0.1) is 17.2 Å². The van der Waals surface area contributed by atoms with E-state index >= 15 is 0 Å². The van der Waals surface area contributed by atoms with Crippen molar-refractivity contribution < 1.29 is 9.72 Å². The number of aromatic nitrogens is 2. The minimum absolute atomic E-state index is 0.0304. The van der Waals surface area contributed by atoms with E-state index in [1.54, 1.807) is 18.2 Å². The number of nitrogens with zero attached hydrogens (tertiary/aromatic N) is 6. The zero-order valence-electron chi connectivity index (χ0n) is 17.8. The van der Waals surface area contributed by atoms with Crippen LogP contribution in [0.25, 0.3) is 6.08 Å². The third kappa shape index (κ3) is 4.72. The van der Waals surface area contributed by atoms with Crippen LogP contribution in [0.3, 0.4) is 0 Å². The third-order valence-corrected chi connectivity index (χ3v) is 5.79. The minimum atomic E-state index is -0.439. The molecule has 2 aromatic rings. The fraction of sp³-hybridized carbons (Fsp3) is 0.409. The number of fused-ring (bicyclic) bond motifs is 1. The van der Waals surface area contributed by atoms with E-state index in [1.807, 2.05) is 11.8 Å². The highest BCUT2D eigenvalue weighted by Crippen LogP contribution is 2.27. The molecule has 0 N–H and O–H groups in total. The first-order valence-corrected chi connectivity index (χ1v) is 10.4. The summed E-state index contributed by atoms with van der Waals surface area (Å²) < 4.78 is 0. The van der Waals surface area contributed by atoms with Crippen LogP contribution in [-0.2, 0) is 17.8 Å². The summed E-state index contributed by atoms with van der Waals surface area (Å²) in [7, 11) is 2.12. The molecule has 0 spiro atoms. The summed E-state index contributed by atoms with van der Waals surface area (Å²) in [6.07, 6.45) is 3.92. The summed E-state index contributed by atoms with van der Waals surface area (Å²) >= 11 is 0. The maximum absolute atomic E-state index is 12.8. The van der Waals surface area contributed by atoms with E-state index in [-0.39, 0.29) is 11.6 Å². The number of benzene rings is 1. The molecule has 9 nitrogen and oxygen atoms in total. The largest absolute Gasteiger partial charge is 0.354 e. The highest BCUT2D eigenvalue weighted by Gasteiger charge is 2.27. The molecule has 3 heterocycles. The summed E-state index contributed by atoms with van der Waals surface area (Å²) in [4.78, 5) is 38.9. The van der Waals surface area contributed by atoms with Gasteiger partial charge >= 0.3 is 0 Å².